The molecule has 0 fully saturated rings. The summed E-state index contributed by atoms with van der Waals surface area (Å²) in [6.07, 6.45) is -4.18. The van der Waals surface area contributed by atoms with Crippen molar-refractivity contribution in [2.75, 3.05) is 0 Å². The number of ether oxygens (including phenoxy) is 1. The SMILES string of the molecule is CC1=Cc2ccccc2C1OC(=O)C(F)(F)F. The van der Waals surface area contributed by atoms with Crippen LogP contribution in [0.3, 0.4) is 0 Å². The number of hydrogen-bond acceptors (Lipinski definition) is 2. The third-order valence-corrected chi connectivity index (χ3v) is 2.53. The van der Waals surface area contributed by atoms with E-state index in [9.17, 15) is 18.0 Å². The summed E-state index contributed by atoms with van der Waals surface area (Å²) in [6.45, 7) is 1.63. The van der Waals surface area contributed by atoms with E-state index in [1.807, 2.05) is 0 Å². The predicted molar refractivity (Wildman–Crippen MR) is 55.0 cm³/mol. The first-order chi connectivity index (χ1) is 7.89. The first-order valence-electron chi connectivity index (χ1n) is 4.94. The zero-order valence-corrected chi connectivity index (χ0v) is 8.91. The van der Waals surface area contributed by atoms with Crippen molar-refractivity contribution < 1.29 is 22.7 Å². The van der Waals surface area contributed by atoms with E-state index < -0.39 is 18.2 Å². The van der Waals surface area contributed by atoms with Gasteiger partial charge >= 0.3 is 12.1 Å². The molecule has 1 aliphatic rings. The molecule has 0 saturated heterocycles. The van der Waals surface area contributed by atoms with Crippen LogP contribution in [0, 0.1) is 0 Å². The molecule has 0 heterocycles. The lowest BCUT2D eigenvalue weighted by Gasteiger charge is -2.16. The monoisotopic (exact) mass is 242 g/mol. The third kappa shape index (κ3) is 2.18. The fourth-order valence-corrected chi connectivity index (χ4v) is 1.78. The van der Waals surface area contributed by atoms with E-state index in [4.69, 9.17) is 0 Å². The van der Waals surface area contributed by atoms with E-state index in [0.717, 1.165) is 5.56 Å². The van der Waals surface area contributed by atoms with Crippen LogP contribution in [0.4, 0.5) is 13.2 Å². The van der Waals surface area contributed by atoms with E-state index in [-0.39, 0.29) is 0 Å². The molecule has 1 atom stereocenters. The second-order valence-electron chi connectivity index (χ2n) is 3.80. The number of alkyl halides is 3. The summed E-state index contributed by atoms with van der Waals surface area (Å²) in [7, 11) is 0. The summed E-state index contributed by atoms with van der Waals surface area (Å²) in [5.41, 5.74) is 1.95. The van der Waals surface area contributed by atoms with Gasteiger partial charge in [-0.15, -0.1) is 0 Å². The quantitative estimate of drug-likeness (QED) is 0.706. The Balaban J connectivity index is 2.24. The Morgan fingerprint density at radius 2 is 1.94 bits per heavy atom. The van der Waals surface area contributed by atoms with Gasteiger partial charge in [0.25, 0.3) is 0 Å². The average molecular weight is 242 g/mol. The molecule has 90 valence electrons. The maximum atomic E-state index is 12.1. The third-order valence-electron chi connectivity index (χ3n) is 2.53. The lowest BCUT2D eigenvalue weighted by Crippen LogP contribution is -2.27. The van der Waals surface area contributed by atoms with Gasteiger partial charge in [0.1, 0.15) is 6.10 Å². The van der Waals surface area contributed by atoms with Crippen LogP contribution in [-0.4, -0.2) is 12.1 Å². The topological polar surface area (TPSA) is 26.3 Å². The summed E-state index contributed by atoms with van der Waals surface area (Å²) < 4.78 is 40.8. The van der Waals surface area contributed by atoms with Crippen LogP contribution in [0.25, 0.3) is 6.08 Å². The molecule has 0 aliphatic heterocycles. The first-order valence-corrected chi connectivity index (χ1v) is 4.94. The van der Waals surface area contributed by atoms with Gasteiger partial charge in [-0.05, 0) is 18.1 Å². The molecule has 0 radical (unpaired) electrons. The minimum absolute atomic E-state index is 0.586. The molecule has 0 bridgehead atoms. The van der Waals surface area contributed by atoms with E-state index in [2.05, 4.69) is 4.74 Å². The molecule has 0 N–H and O–H groups in total. The highest BCUT2D eigenvalue weighted by molar-refractivity contribution is 5.77. The van der Waals surface area contributed by atoms with Crippen LogP contribution < -0.4 is 0 Å². The van der Waals surface area contributed by atoms with E-state index in [1.165, 1.54) is 0 Å². The average Bonchev–Trinajstić information content (AvgIpc) is 2.54. The largest absolute Gasteiger partial charge is 0.490 e. The normalized spacial score (nSPS) is 18.6. The first kappa shape index (κ1) is 11.7. The molecule has 0 amide bonds. The van der Waals surface area contributed by atoms with Gasteiger partial charge in [0.05, 0.1) is 0 Å². The van der Waals surface area contributed by atoms with E-state index >= 15 is 0 Å². The maximum absolute atomic E-state index is 12.1. The van der Waals surface area contributed by atoms with Crippen LogP contribution >= 0.6 is 0 Å². The van der Waals surface area contributed by atoms with Gasteiger partial charge in [0.2, 0.25) is 0 Å². The van der Waals surface area contributed by atoms with Crippen LogP contribution in [0.5, 0.6) is 0 Å². The molecular formula is C12H9F3O2. The molecule has 0 aromatic heterocycles. The highest BCUT2D eigenvalue weighted by Crippen LogP contribution is 2.37. The highest BCUT2D eigenvalue weighted by atomic mass is 19.4. The summed E-state index contributed by atoms with van der Waals surface area (Å²) >= 11 is 0. The number of benzene rings is 1. The molecule has 1 aromatic carbocycles. The van der Waals surface area contributed by atoms with Crippen molar-refractivity contribution in [3.8, 4) is 0 Å². The fourth-order valence-electron chi connectivity index (χ4n) is 1.78. The maximum Gasteiger partial charge on any atom is 0.490 e. The van der Waals surface area contributed by atoms with Crippen molar-refractivity contribution in [1.29, 1.82) is 0 Å². The molecule has 2 nitrogen and oxygen atoms in total. The number of fused-ring (bicyclic) bond motifs is 1. The van der Waals surface area contributed by atoms with Crippen molar-refractivity contribution in [2.24, 2.45) is 0 Å². The minimum Gasteiger partial charge on any atom is -0.446 e. The van der Waals surface area contributed by atoms with Gasteiger partial charge in [-0.2, -0.15) is 13.2 Å². The number of carbonyl (C=O) groups is 1. The van der Waals surface area contributed by atoms with E-state index in [1.54, 1.807) is 37.3 Å². The summed E-state index contributed by atoms with van der Waals surface area (Å²) in [5, 5.41) is 0. The van der Waals surface area contributed by atoms with Gasteiger partial charge in [0, 0.05) is 5.56 Å². The van der Waals surface area contributed by atoms with Gasteiger partial charge in [-0.25, -0.2) is 4.79 Å². The van der Waals surface area contributed by atoms with Crippen molar-refractivity contribution in [2.45, 2.75) is 19.2 Å². The van der Waals surface area contributed by atoms with Crippen molar-refractivity contribution in [3.05, 3.63) is 41.0 Å². The molecule has 1 aliphatic carbocycles. The molecular weight excluding hydrogens is 233 g/mol. The summed E-state index contributed by atoms with van der Waals surface area (Å²) in [5.74, 6) is -2.16. The molecule has 17 heavy (non-hydrogen) atoms. The Bertz CT molecular complexity index is 489. The number of hydrogen-bond donors (Lipinski definition) is 0. The Hall–Kier alpha value is -1.78. The van der Waals surface area contributed by atoms with Gasteiger partial charge in [0.15, 0.2) is 0 Å². The molecule has 0 spiro atoms. The summed E-state index contributed by atoms with van der Waals surface area (Å²) in [4.78, 5) is 10.8. The van der Waals surface area contributed by atoms with Crippen LogP contribution in [0.2, 0.25) is 0 Å². The second-order valence-corrected chi connectivity index (χ2v) is 3.80. The zero-order chi connectivity index (χ0) is 12.6. The lowest BCUT2D eigenvalue weighted by molar-refractivity contribution is -0.203. The predicted octanol–water partition coefficient (Wildman–Crippen LogP) is 3.25. The van der Waals surface area contributed by atoms with Gasteiger partial charge < -0.3 is 4.74 Å². The number of esters is 1. The summed E-state index contributed by atoms with van der Waals surface area (Å²) in [6, 6.07) is 6.88. The number of rotatable bonds is 1. The zero-order valence-electron chi connectivity index (χ0n) is 8.91. The number of halogens is 3. The smallest absolute Gasteiger partial charge is 0.446 e. The van der Waals surface area contributed by atoms with E-state index in [0.29, 0.717) is 11.1 Å². The molecule has 1 aromatic rings. The molecule has 5 heteroatoms. The highest BCUT2D eigenvalue weighted by Gasteiger charge is 2.43. The van der Waals surface area contributed by atoms with Crippen molar-refractivity contribution >= 4 is 12.0 Å². The van der Waals surface area contributed by atoms with Crippen LogP contribution in [0.15, 0.2) is 29.8 Å². The van der Waals surface area contributed by atoms with Crippen LogP contribution in [-0.2, 0) is 9.53 Å². The Kier molecular flexibility index (Phi) is 2.69. The van der Waals surface area contributed by atoms with Crippen molar-refractivity contribution in [1.82, 2.24) is 0 Å². The van der Waals surface area contributed by atoms with Crippen molar-refractivity contribution in [3.63, 3.8) is 0 Å². The molecule has 0 saturated carbocycles. The second kappa shape index (κ2) is 3.91. The molecule has 2 rings (SSSR count). The van der Waals surface area contributed by atoms with Gasteiger partial charge in [-0.1, -0.05) is 30.3 Å². The number of carbonyl (C=O) groups excluding carboxylic acids is 1. The standard InChI is InChI=1S/C12H9F3O2/c1-7-6-8-4-2-3-5-9(8)10(7)17-11(16)12(13,14)15/h2-6,10H,1H3. The molecule has 1 unspecified atom stereocenters. The van der Waals surface area contributed by atoms with Crippen LogP contribution in [0.1, 0.15) is 24.2 Å². The van der Waals surface area contributed by atoms with Gasteiger partial charge in [-0.3, -0.25) is 0 Å². The Morgan fingerprint density at radius 3 is 2.59 bits per heavy atom. The Labute approximate surface area is 95.7 Å². The Morgan fingerprint density at radius 1 is 1.29 bits per heavy atom. The lowest BCUT2D eigenvalue weighted by atomic mass is 10.1. The minimum atomic E-state index is -4.96. The fraction of sp³-hybridized carbons (Fsp3) is 0.250.